The molecule has 0 saturated heterocycles. The lowest BCUT2D eigenvalue weighted by atomic mass is 10.1. The maximum Gasteiger partial charge on any atom is 0.416 e. The van der Waals surface area contributed by atoms with Crippen LogP contribution in [0.1, 0.15) is 16.7 Å². The van der Waals surface area contributed by atoms with Gasteiger partial charge in [0.1, 0.15) is 0 Å². The van der Waals surface area contributed by atoms with Crippen LogP contribution in [0.2, 0.25) is 0 Å². The Kier molecular flexibility index (Phi) is 9.63. The van der Waals surface area contributed by atoms with Crippen LogP contribution >= 0.6 is 0 Å². The van der Waals surface area contributed by atoms with Gasteiger partial charge in [-0.2, -0.15) is 13.2 Å². The molecule has 0 saturated carbocycles. The fourth-order valence-electron chi connectivity index (χ4n) is 2.44. The number of halogens is 3. The standard InChI is InChI=1S/C18H20F3NO2.C2H2O4/c1-23-16-8-7-13(11-17(16)24-2)9-10-22-12-14-5-3-4-6-15(14)18(19,20)21;3-1(4)2(5)6/h3-8,11,22H,9-10,12H2,1-2H3;(H,3,4)(H,5,6). The molecular weight excluding hydrogens is 407 g/mol. The molecule has 0 aromatic heterocycles. The topological polar surface area (TPSA) is 105 Å². The molecule has 0 amide bonds. The summed E-state index contributed by atoms with van der Waals surface area (Å²) in [6.07, 6.45) is -3.66. The van der Waals surface area contributed by atoms with Crippen LogP contribution in [0.25, 0.3) is 0 Å². The Morgan fingerprint density at radius 3 is 2.10 bits per heavy atom. The van der Waals surface area contributed by atoms with Gasteiger partial charge in [-0.1, -0.05) is 24.3 Å². The maximum atomic E-state index is 12.9. The van der Waals surface area contributed by atoms with E-state index in [2.05, 4.69) is 5.32 Å². The van der Waals surface area contributed by atoms with Crippen molar-refractivity contribution in [2.75, 3.05) is 20.8 Å². The molecule has 7 nitrogen and oxygen atoms in total. The van der Waals surface area contributed by atoms with E-state index in [1.807, 2.05) is 18.2 Å². The van der Waals surface area contributed by atoms with E-state index in [0.717, 1.165) is 11.6 Å². The van der Waals surface area contributed by atoms with Gasteiger partial charge in [0.15, 0.2) is 11.5 Å². The number of carboxylic acids is 2. The van der Waals surface area contributed by atoms with Crippen LogP contribution in [0.4, 0.5) is 13.2 Å². The zero-order chi connectivity index (χ0) is 22.7. The highest BCUT2D eigenvalue weighted by Crippen LogP contribution is 2.31. The molecule has 0 aliphatic heterocycles. The van der Waals surface area contributed by atoms with Gasteiger partial charge in [0.05, 0.1) is 19.8 Å². The highest BCUT2D eigenvalue weighted by Gasteiger charge is 2.32. The van der Waals surface area contributed by atoms with Crippen molar-refractivity contribution < 1.29 is 42.4 Å². The van der Waals surface area contributed by atoms with Crippen molar-refractivity contribution >= 4 is 11.9 Å². The van der Waals surface area contributed by atoms with Crippen molar-refractivity contribution in [3.8, 4) is 11.5 Å². The summed E-state index contributed by atoms with van der Waals surface area (Å²) in [5, 5.41) is 17.8. The second-order valence-electron chi connectivity index (χ2n) is 5.88. The predicted octanol–water partition coefficient (Wildman–Crippen LogP) is 3.21. The minimum Gasteiger partial charge on any atom is -0.493 e. The Hall–Kier alpha value is -3.27. The SMILES string of the molecule is COc1ccc(CCNCc2ccccc2C(F)(F)F)cc1OC.O=C(O)C(=O)O. The van der Waals surface area contributed by atoms with Crippen molar-refractivity contribution in [1.29, 1.82) is 0 Å². The monoisotopic (exact) mass is 429 g/mol. The Labute approximate surface area is 171 Å². The van der Waals surface area contributed by atoms with Crippen molar-refractivity contribution in [3.05, 3.63) is 59.2 Å². The van der Waals surface area contributed by atoms with Gasteiger partial charge in [0.25, 0.3) is 0 Å². The number of rotatable bonds is 7. The average molecular weight is 429 g/mol. The average Bonchev–Trinajstić information content (AvgIpc) is 2.71. The van der Waals surface area contributed by atoms with E-state index < -0.39 is 23.7 Å². The van der Waals surface area contributed by atoms with Crippen LogP contribution in [-0.2, 0) is 28.7 Å². The molecular formula is C20H22F3NO6. The number of carboxylic acid groups (broad SMARTS) is 2. The van der Waals surface area contributed by atoms with Crippen molar-refractivity contribution in [1.82, 2.24) is 5.32 Å². The van der Waals surface area contributed by atoms with Gasteiger partial charge in [-0.3, -0.25) is 0 Å². The van der Waals surface area contributed by atoms with Gasteiger partial charge in [0.2, 0.25) is 0 Å². The van der Waals surface area contributed by atoms with E-state index in [1.165, 1.54) is 12.1 Å². The minimum atomic E-state index is -4.33. The largest absolute Gasteiger partial charge is 0.493 e. The van der Waals surface area contributed by atoms with E-state index in [0.29, 0.717) is 24.5 Å². The summed E-state index contributed by atoms with van der Waals surface area (Å²) < 4.78 is 49.2. The number of nitrogens with one attached hydrogen (secondary N) is 1. The molecule has 0 fully saturated rings. The minimum absolute atomic E-state index is 0.170. The summed E-state index contributed by atoms with van der Waals surface area (Å²) in [5.74, 6) is -2.37. The summed E-state index contributed by atoms with van der Waals surface area (Å²) >= 11 is 0. The normalized spacial score (nSPS) is 10.6. The van der Waals surface area contributed by atoms with Crippen LogP contribution in [0, 0.1) is 0 Å². The van der Waals surface area contributed by atoms with Crippen LogP contribution in [0.3, 0.4) is 0 Å². The van der Waals surface area contributed by atoms with Gasteiger partial charge in [0, 0.05) is 6.54 Å². The zero-order valence-electron chi connectivity index (χ0n) is 16.3. The Morgan fingerprint density at radius 1 is 0.967 bits per heavy atom. The smallest absolute Gasteiger partial charge is 0.416 e. The highest BCUT2D eigenvalue weighted by atomic mass is 19.4. The molecule has 0 unspecified atom stereocenters. The predicted molar refractivity (Wildman–Crippen MR) is 102 cm³/mol. The van der Waals surface area contributed by atoms with E-state index >= 15 is 0 Å². The van der Waals surface area contributed by atoms with E-state index in [1.54, 1.807) is 20.3 Å². The van der Waals surface area contributed by atoms with Gasteiger partial charge >= 0.3 is 18.1 Å². The number of carbonyl (C=O) groups is 2. The number of alkyl halides is 3. The first kappa shape index (κ1) is 24.8. The number of hydrogen-bond acceptors (Lipinski definition) is 5. The molecule has 0 aliphatic rings. The zero-order valence-corrected chi connectivity index (χ0v) is 16.3. The second-order valence-corrected chi connectivity index (χ2v) is 5.88. The molecule has 0 bridgehead atoms. The molecule has 0 heterocycles. The fraction of sp³-hybridized carbons (Fsp3) is 0.300. The van der Waals surface area contributed by atoms with Crippen LogP contribution in [0.5, 0.6) is 11.5 Å². The lowest BCUT2D eigenvalue weighted by Gasteiger charge is -2.13. The first-order valence-electron chi connectivity index (χ1n) is 8.63. The quantitative estimate of drug-likeness (QED) is 0.459. The highest BCUT2D eigenvalue weighted by molar-refractivity contribution is 6.27. The van der Waals surface area contributed by atoms with E-state index in [9.17, 15) is 13.2 Å². The molecule has 0 aliphatic carbocycles. The summed E-state index contributed by atoms with van der Waals surface area (Å²) in [5.41, 5.74) is 0.671. The van der Waals surface area contributed by atoms with Gasteiger partial charge < -0.3 is 25.0 Å². The summed E-state index contributed by atoms with van der Waals surface area (Å²) in [6, 6.07) is 11.2. The van der Waals surface area contributed by atoms with Crippen LogP contribution in [-0.4, -0.2) is 42.9 Å². The summed E-state index contributed by atoms with van der Waals surface area (Å²) in [4.78, 5) is 18.2. The molecule has 0 atom stereocenters. The first-order valence-corrected chi connectivity index (χ1v) is 8.63. The molecule has 2 rings (SSSR count). The molecule has 10 heteroatoms. The first-order chi connectivity index (χ1) is 14.1. The molecule has 0 spiro atoms. The van der Waals surface area contributed by atoms with Crippen molar-refractivity contribution in [3.63, 3.8) is 0 Å². The summed E-state index contributed by atoms with van der Waals surface area (Å²) in [7, 11) is 3.13. The second kappa shape index (κ2) is 11.7. The Balaban J connectivity index is 0.000000656. The van der Waals surface area contributed by atoms with E-state index in [4.69, 9.17) is 29.3 Å². The van der Waals surface area contributed by atoms with Crippen LogP contribution < -0.4 is 14.8 Å². The summed E-state index contributed by atoms with van der Waals surface area (Å²) in [6.45, 7) is 0.727. The van der Waals surface area contributed by atoms with Gasteiger partial charge in [-0.25, -0.2) is 9.59 Å². The number of ether oxygens (including phenoxy) is 2. The molecule has 164 valence electrons. The lowest BCUT2D eigenvalue weighted by Crippen LogP contribution is -2.19. The van der Waals surface area contributed by atoms with Gasteiger partial charge in [-0.05, 0) is 42.3 Å². The number of methoxy groups -OCH3 is 2. The molecule has 0 radical (unpaired) electrons. The third kappa shape index (κ3) is 8.00. The number of aliphatic carboxylic acids is 2. The third-order valence-corrected chi connectivity index (χ3v) is 3.86. The molecule has 3 N–H and O–H groups in total. The van der Waals surface area contributed by atoms with Crippen molar-refractivity contribution in [2.24, 2.45) is 0 Å². The molecule has 2 aromatic rings. The third-order valence-electron chi connectivity index (χ3n) is 3.86. The Morgan fingerprint density at radius 2 is 1.57 bits per heavy atom. The maximum absolute atomic E-state index is 12.9. The molecule has 2 aromatic carbocycles. The molecule has 30 heavy (non-hydrogen) atoms. The lowest BCUT2D eigenvalue weighted by molar-refractivity contribution is -0.159. The fourth-order valence-corrected chi connectivity index (χ4v) is 2.44. The van der Waals surface area contributed by atoms with E-state index in [-0.39, 0.29) is 12.1 Å². The number of benzene rings is 2. The van der Waals surface area contributed by atoms with Crippen LogP contribution in [0.15, 0.2) is 42.5 Å². The van der Waals surface area contributed by atoms with Gasteiger partial charge in [-0.15, -0.1) is 0 Å². The Bertz CT molecular complexity index is 843. The number of hydrogen-bond donors (Lipinski definition) is 3. The van der Waals surface area contributed by atoms with Crippen molar-refractivity contribution in [2.45, 2.75) is 19.1 Å².